The van der Waals surface area contributed by atoms with Gasteiger partial charge in [-0.2, -0.15) is 0 Å². The Kier molecular flexibility index (Phi) is 3.09. The van der Waals surface area contributed by atoms with E-state index in [1.807, 2.05) is 12.2 Å². The van der Waals surface area contributed by atoms with Crippen LogP contribution in [0.1, 0.15) is 20.3 Å². The predicted octanol–water partition coefficient (Wildman–Crippen LogP) is 2.07. The molecule has 2 nitrogen and oxygen atoms in total. The maximum absolute atomic E-state index is 10.9. The summed E-state index contributed by atoms with van der Waals surface area (Å²) in [7, 11) is 0. The van der Waals surface area contributed by atoms with Crippen LogP contribution in [0.15, 0.2) is 24.0 Å². The van der Waals surface area contributed by atoms with Crippen molar-refractivity contribution in [3.8, 4) is 0 Å². The predicted molar refractivity (Wildman–Crippen MR) is 47.6 cm³/mol. The van der Waals surface area contributed by atoms with Crippen molar-refractivity contribution in [2.45, 2.75) is 20.3 Å². The lowest BCUT2D eigenvalue weighted by molar-refractivity contribution is -0.116. The first-order chi connectivity index (χ1) is 5.68. The molecule has 12 heavy (non-hydrogen) atoms. The molecule has 0 spiro atoms. The molecular weight excluding hydrogens is 152 g/mol. The van der Waals surface area contributed by atoms with E-state index < -0.39 is 0 Å². The molecule has 0 N–H and O–H groups in total. The molecule has 1 aliphatic rings. The Morgan fingerprint density at radius 2 is 2.33 bits per heavy atom. The second kappa shape index (κ2) is 4.10. The highest BCUT2D eigenvalue weighted by atomic mass is 16.5. The van der Waals surface area contributed by atoms with Crippen molar-refractivity contribution >= 4 is 5.78 Å². The van der Waals surface area contributed by atoms with Gasteiger partial charge in [0.15, 0.2) is 5.78 Å². The van der Waals surface area contributed by atoms with Gasteiger partial charge in [-0.15, -0.1) is 0 Å². The third-order valence-corrected chi connectivity index (χ3v) is 1.57. The molecule has 1 rings (SSSR count). The summed E-state index contributed by atoms with van der Waals surface area (Å²) in [4.78, 5) is 10.9. The molecule has 2 heteroatoms. The van der Waals surface area contributed by atoms with Crippen LogP contribution in [0.3, 0.4) is 0 Å². The number of carbonyl (C=O) groups is 1. The number of rotatable bonds is 2. The summed E-state index contributed by atoms with van der Waals surface area (Å²) in [6.07, 6.45) is 5.95. The lowest BCUT2D eigenvalue weighted by Crippen LogP contribution is -2.08. The van der Waals surface area contributed by atoms with Gasteiger partial charge in [-0.1, -0.05) is 19.9 Å². The van der Waals surface area contributed by atoms with Crippen molar-refractivity contribution in [3.05, 3.63) is 24.0 Å². The molecule has 0 radical (unpaired) electrons. The first-order valence-corrected chi connectivity index (χ1v) is 4.24. The second-order valence-electron chi connectivity index (χ2n) is 3.21. The molecule has 0 bridgehead atoms. The molecule has 0 saturated carbocycles. The van der Waals surface area contributed by atoms with Gasteiger partial charge < -0.3 is 4.74 Å². The summed E-state index contributed by atoms with van der Waals surface area (Å²) in [5.41, 5.74) is 0. The van der Waals surface area contributed by atoms with Crippen molar-refractivity contribution in [2.24, 2.45) is 5.92 Å². The zero-order valence-corrected chi connectivity index (χ0v) is 7.54. The minimum Gasteiger partial charge on any atom is -0.493 e. The fourth-order valence-electron chi connectivity index (χ4n) is 0.925. The Labute approximate surface area is 72.9 Å². The minimum absolute atomic E-state index is 0.157. The molecule has 0 aromatic heterocycles. The van der Waals surface area contributed by atoms with Crippen molar-refractivity contribution in [1.82, 2.24) is 0 Å². The topological polar surface area (TPSA) is 26.3 Å². The summed E-state index contributed by atoms with van der Waals surface area (Å²) in [6, 6.07) is 0. The summed E-state index contributed by atoms with van der Waals surface area (Å²) in [6.45, 7) is 4.69. The van der Waals surface area contributed by atoms with E-state index in [4.69, 9.17) is 4.74 Å². The maximum Gasteiger partial charge on any atom is 0.162 e. The highest BCUT2D eigenvalue weighted by Gasteiger charge is 2.07. The van der Waals surface area contributed by atoms with Crippen LogP contribution in [-0.2, 0) is 9.53 Å². The van der Waals surface area contributed by atoms with Gasteiger partial charge in [-0.3, -0.25) is 4.79 Å². The van der Waals surface area contributed by atoms with E-state index in [1.54, 1.807) is 6.08 Å². The highest BCUT2D eigenvalue weighted by molar-refractivity contribution is 5.91. The quantitative estimate of drug-likeness (QED) is 0.627. The minimum atomic E-state index is 0.157. The number of allylic oxidation sites excluding steroid dienone is 3. The Balaban J connectivity index is 2.57. The van der Waals surface area contributed by atoms with Crippen LogP contribution in [0, 0.1) is 5.92 Å². The van der Waals surface area contributed by atoms with E-state index in [-0.39, 0.29) is 5.78 Å². The third kappa shape index (κ3) is 2.91. The van der Waals surface area contributed by atoms with Gasteiger partial charge in [0.1, 0.15) is 5.76 Å². The van der Waals surface area contributed by atoms with E-state index >= 15 is 0 Å². The third-order valence-electron chi connectivity index (χ3n) is 1.57. The monoisotopic (exact) mass is 166 g/mol. The fourth-order valence-corrected chi connectivity index (χ4v) is 0.925. The normalized spacial score (nSPS) is 18.2. The van der Waals surface area contributed by atoms with E-state index in [2.05, 4.69) is 13.8 Å². The fraction of sp³-hybridized carbons (Fsp3) is 0.500. The van der Waals surface area contributed by atoms with Gasteiger partial charge in [-0.25, -0.2) is 0 Å². The van der Waals surface area contributed by atoms with Crippen LogP contribution in [-0.4, -0.2) is 12.4 Å². The van der Waals surface area contributed by atoms with Crippen molar-refractivity contribution in [1.29, 1.82) is 0 Å². The molecule has 0 atom stereocenters. The molecule has 0 aromatic rings. The van der Waals surface area contributed by atoms with E-state index in [0.717, 1.165) is 0 Å². The second-order valence-corrected chi connectivity index (χ2v) is 3.21. The van der Waals surface area contributed by atoms with Gasteiger partial charge in [0.25, 0.3) is 0 Å². The van der Waals surface area contributed by atoms with Crippen molar-refractivity contribution in [2.75, 3.05) is 6.61 Å². The van der Waals surface area contributed by atoms with Gasteiger partial charge >= 0.3 is 0 Å². The molecule has 0 fully saturated rings. The average molecular weight is 166 g/mol. The zero-order valence-electron chi connectivity index (χ0n) is 7.54. The molecule has 1 aliphatic heterocycles. The molecule has 0 aliphatic carbocycles. The Morgan fingerprint density at radius 1 is 1.58 bits per heavy atom. The summed E-state index contributed by atoms with van der Waals surface area (Å²) < 4.78 is 5.25. The molecular formula is C10H14O2. The summed E-state index contributed by atoms with van der Waals surface area (Å²) in [5.74, 6) is 1.34. The summed E-state index contributed by atoms with van der Waals surface area (Å²) in [5, 5.41) is 0. The summed E-state index contributed by atoms with van der Waals surface area (Å²) >= 11 is 0. The van der Waals surface area contributed by atoms with Gasteiger partial charge in [-0.05, 0) is 12.0 Å². The smallest absolute Gasteiger partial charge is 0.162 e. The number of carbonyl (C=O) groups excluding carboxylic acids is 1. The van der Waals surface area contributed by atoms with Crippen LogP contribution >= 0.6 is 0 Å². The van der Waals surface area contributed by atoms with Crippen LogP contribution < -0.4 is 0 Å². The van der Waals surface area contributed by atoms with Crippen LogP contribution in [0.2, 0.25) is 0 Å². The number of ketones is 1. The Hall–Kier alpha value is -1.05. The molecule has 0 unspecified atom stereocenters. The molecule has 0 amide bonds. The number of hydrogen-bond acceptors (Lipinski definition) is 2. The van der Waals surface area contributed by atoms with E-state index in [0.29, 0.717) is 24.7 Å². The molecule has 1 heterocycles. The number of ether oxygens (including phenoxy) is 1. The maximum atomic E-state index is 10.9. The van der Waals surface area contributed by atoms with Crippen LogP contribution in [0.25, 0.3) is 0 Å². The van der Waals surface area contributed by atoms with Gasteiger partial charge in [0, 0.05) is 12.5 Å². The number of hydrogen-bond donors (Lipinski definition) is 0. The van der Waals surface area contributed by atoms with E-state index in [9.17, 15) is 4.79 Å². The first-order valence-electron chi connectivity index (χ1n) is 4.24. The van der Waals surface area contributed by atoms with Gasteiger partial charge in [0.2, 0.25) is 0 Å². The van der Waals surface area contributed by atoms with Crippen molar-refractivity contribution in [3.63, 3.8) is 0 Å². The average Bonchev–Trinajstić information content (AvgIpc) is 2.01. The van der Waals surface area contributed by atoms with Gasteiger partial charge in [0.05, 0.1) is 6.61 Å². The lowest BCUT2D eigenvalue weighted by atomic mass is 10.1. The lowest BCUT2D eigenvalue weighted by Gasteiger charge is -2.10. The SMILES string of the molecule is CC(C)C=CC1=CC(=O)CCO1. The zero-order chi connectivity index (χ0) is 8.97. The van der Waals surface area contributed by atoms with Crippen molar-refractivity contribution < 1.29 is 9.53 Å². The highest BCUT2D eigenvalue weighted by Crippen LogP contribution is 2.09. The largest absolute Gasteiger partial charge is 0.493 e. The molecule has 0 saturated heterocycles. The molecule has 66 valence electrons. The first kappa shape index (κ1) is 9.04. The van der Waals surface area contributed by atoms with Crippen LogP contribution in [0.4, 0.5) is 0 Å². The molecule has 0 aromatic carbocycles. The van der Waals surface area contributed by atoms with Crippen LogP contribution in [0.5, 0.6) is 0 Å². The van der Waals surface area contributed by atoms with E-state index in [1.165, 1.54) is 0 Å². The Bertz CT molecular complexity index is 224. The Morgan fingerprint density at radius 3 is 2.92 bits per heavy atom. The standard InChI is InChI=1S/C10H14O2/c1-8(2)3-4-10-7-9(11)5-6-12-10/h3-4,7-8H,5-6H2,1-2H3.